The maximum Gasteiger partial charge on any atom is 0.305 e. The van der Waals surface area contributed by atoms with Crippen LogP contribution in [0.5, 0.6) is 0 Å². The molecule has 0 aliphatic rings. The van der Waals surface area contributed by atoms with E-state index in [0.29, 0.717) is 32.1 Å². The van der Waals surface area contributed by atoms with E-state index in [1.165, 1.54) is 0 Å². The molecule has 0 unspecified atom stereocenters. The summed E-state index contributed by atoms with van der Waals surface area (Å²) in [5.74, 6) is -2.56. The average molecular weight is 332 g/mol. The molecule has 0 amide bonds. The second-order valence-corrected chi connectivity index (χ2v) is 5.00. The van der Waals surface area contributed by atoms with Crippen LogP contribution in [0, 0.1) is 0 Å². The molecule has 2 N–H and O–H groups in total. The van der Waals surface area contributed by atoms with Gasteiger partial charge < -0.3 is 19.7 Å². The molecule has 0 fully saturated rings. The van der Waals surface area contributed by atoms with Crippen LogP contribution >= 0.6 is 0 Å². The highest BCUT2D eigenvalue weighted by Gasteiger charge is 2.06. The molecule has 0 radical (unpaired) electrons. The molecule has 0 aliphatic carbocycles. The molecular formula is C15H24O8. The first-order chi connectivity index (χ1) is 10.9. The van der Waals surface area contributed by atoms with Crippen molar-refractivity contribution >= 4 is 23.9 Å². The van der Waals surface area contributed by atoms with Gasteiger partial charge in [-0.25, -0.2) is 0 Å². The highest BCUT2D eigenvalue weighted by atomic mass is 16.5. The maximum atomic E-state index is 11.3. The monoisotopic (exact) mass is 332 g/mol. The summed E-state index contributed by atoms with van der Waals surface area (Å²) in [6, 6.07) is 0. The Morgan fingerprint density at radius 1 is 0.565 bits per heavy atom. The van der Waals surface area contributed by atoms with Gasteiger partial charge in [0, 0.05) is 32.1 Å². The molecule has 0 spiro atoms. The third kappa shape index (κ3) is 16.1. The molecule has 0 aliphatic heterocycles. The molecule has 0 aromatic rings. The van der Waals surface area contributed by atoms with Gasteiger partial charge in [0.1, 0.15) is 0 Å². The Bertz CT molecular complexity index is 355. The molecule has 0 heterocycles. The Morgan fingerprint density at radius 2 is 0.913 bits per heavy atom. The molecule has 0 saturated carbocycles. The van der Waals surface area contributed by atoms with E-state index in [-0.39, 0.29) is 38.9 Å². The zero-order valence-corrected chi connectivity index (χ0v) is 13.1. The molecule has 132 valence electrons. The quantitative estimate of drug-likeness (QED) is 0.364. The lowest BCUT2D eigenvalue weighted by Crippen LogP contribution is -2.10. The first-order valence-electron chi connectivity index (χ1n) is 7.66. The Balaban J connectivity index is 3.40. The van der Waals surface area contributed by atoms with Crippen LogP contribution in [0.3, 0.4) is 0 Å². The van der Waals surface area contributed by atoms with Crippen molar-refractivity contribution in [2.45, 2.75) is 57.8 Å². The summed E-state index contributed by atoms with van der Waals surface area (Å²) < 4.78 is 9.83. The number of aliphatic carboxylic acids is 2. The molecule has 8 heteroatoms. The fourth-order valence-electron chi connectivity index (χ4n) is 1.67. The predicted molar refractivity (Wildman–Crippen MR) is 78.7 cm³/mol. The number of hydrogen-bond acceptors (Lipinski definition) is 6. The minimum atomic E-state index is -0.886. The number of carbonyl (C=O) groups excluding carboxylic acids is 2. The van der Waals surface area contributed by atoms with E-state index in [9.17, 15) is 19.2 Å². The lowest BCUT2D eigenvalue weighted by molar-refractivity contribution is -0.147. The third-order valence-electron chi connectivity index (χ3n) is 2.86. The van der Waals surface area contributed by atoms with Crippen LogP contribution in [0.4, 0.5) is 0 Å². The average Bonchev–Trinajstić information content (AvgIpc) is 2.47. The minimum Gasteiger partial charge on any atom is -0.481 e. The SMILES string of the molecule is O=C(O)CCCCC(=O)OCCCOC(=O)CCCCC(=O)O. The lowest BCUT2D eigenvalue weighted by Gasteiger charge is -2.06. The highest BCUT2D eigenvalue weighted by Crippen LogP contribution is 2.03. The van der Waals surface area contributed by atoms with E-state index in [2.05, 4.69) is 0 Å². The van der Waals surface area contributed by atoms with Crippen molar-refractivity contribution in [3.8, 4) is 0 Å². The Morgan fingerprint density at radius 3 is 1.26 bits per heavy atom. The Labute approximate surface area is 134 Å². The first-order valence-corrected chi connectivity index (χ1v) is 7.66. The molecule has 8 nitrogen and oxygen atoms in total. The first kappa shape index (κ1) is 20.9. The fraction of sp³-hybridized carbons (Fsp3) is 0.733. The van der Waals surface area contributed by atoms with Gasteiger partial charge in [0.25, 0.3) is 0 Å². The smallest absolute Gasteiger partial charge is 0.305 e. The Kier molecular flexibility index (Phi) is 12.3. The van der Waals surface area contributed by atoms with Crippen molar-refractivity contribution in [2.75, 3.05) is 13.2 Å². The van der Waals surface area contributed by atoms with Gasteiger partial charge in [-0.1, -0.05) is 0 Å². The molecule has 0 rings (SSSR count). The number of carboxylic acids is 2. The van der Waals surface area contributed by atoms with Gasteiger partial charge in [-0.05, 0) is 25.7 Å². The number of carbonyl (C=O) groups is 4. The molecule has 0 atom stereocenters. The van der Waals surface area contributed by atoms with Gasteiger partial charge in [0.15, 0.2) is 0 Å². The summed E-state index contributed by atoms with van der Waals surface area (Å²) >= 11 is 0. The van der Waals surface area contributed by atoms with Crippen LogP contribution in [-0.2, 0) is 28.7 Å². The summed E-state index contributed by atoms with van der Waals surface area (Å²) in [6.45, 7) is 0.286. The zero-order chi connectivity index (χ0) is 17.5. The minimum absolute atomic E-state index is 0.0374. The van der Waals surface area contributed by atoms with Crippen LogP contribution < -0.4 is 0 Å². The largest absolute Gasteiger partial charge is 0.481 e. The van der Waals surface area contributed by atoms with Crippen LogP contribution in [0.15, 0.2) is 0 Å². The number of carboxylic acid groups (broad SMARTS) is 2. The van der Waals surface area contributed by atoms with Crippen LogP contribution in [0.2, 0.25) is 0 Å². The van der Waals surface area contributed by atoms with E-state index >= 15 is 0 Å². The van der Waals surface area contributed by atoms with Gasteiger partial charge in [0.05, 0.1) is 13.2 Å². The molecule has 0 bridgehead atoms. The van der Waals surface area contributed by atoms with E-state index in [1.807, 2.05) is 0 Å². The second kappa shape index (κ2) is 13.5. The van der Waals surface area contributed by atoms with Gasteiger partial charge in [-0.15, -0.1) is 0 Å². The van der Waals surface area contributed by atoms with Gasteiger partial charge in [-0.2, -0.15) is 0 Å². The summed E-state index contributed by atoms with van der Waals surface area (Å²) in [5.41, 5.74) is 0. The van der Waals surface area contributed by atoms with Crippen molar-refractivity contribution in [3.05, 3.63) is 0 Å². The topological polar surface area (TPSA) is 127 Å². The zero-order valence-electron chi connectivity index (χ0n) is 13.1. The lowest BCUT2D eigenvalue weighted by atomic mass is 10.2. The number of esters is 2. The van der Waals surface area contributed by atoms with Gasteiger partial charge >= 0.3 is 23.9 Å². The van der Waals surface area contributed by atoms with Crippen LogP contribution in [0.25, 0.3) is 0 Å². The van der Waals surface area contributed by atoms with Crippen molar-refractivity contribution in [1.29, 1.82) is 0 Å². The molecule has 0 aromatic heterocycles. The van der Waals surface area contributed by atoms with E-state index in [1.54, 1.807) is 0 Å². The summed E-state index contributed by atoms with van der Waals surface area (Å²) in [6.07, 6.45) is 2.63. The van der Waals surface area contributed by atoms with E-state index in [4.69, 9.17) is 19.7 Å². The summed E-state index contributed by atoms with van der Waals surface area (Å²) in [4.78, 5) is 43.1. The summed E-state index contributed by atoms with van der Waals surface area (Å²) in [7, 11) is 0. The van der Waals surface area contributed by atoms with Crippen molar-refractivity contribution in [3.63, 3.8) is 0 Å². The van der Waals surface area contributed by atoms with Crippen LogP contribution in [0.1, 0.15) is 57.8 Å². The Hall–Kier alpha value is -2.12. The van der Waals surface area contributed by atoms with Crippen molar-refractivity contribution in [2.24, 2.45) is 0 Å². The fourth-order valence-corrected chi connectivity index (χ4v) is 1.67. The second-order valence-electron chi connectivity index (χ2n) is 5.00. The van der Waals surface area contributed by atoms with E-state index in [0.717, 1.165) is 0 Å². The van der Waals surface area contributed by atoms with Crippen molar-refractivity contribution < 1.29 is 38.9 Å². The maximum absolute atomic E-state index is 11.3. The molecule has 0 aromatic carbocycles. The molecule has 23 heavy (non-hydrogen) atoms. The standard InChI is InChI=1S/C15H24O8/c16-12(17)6-1-3-8-14(20)22-10-5-11-23-15(21)9-4-2-7-13(18)19/h1-11H2,(H,16,17)(H,18,19). The number of rotatable bonds is 14. The van der Waals surface area contributed by atoms with Crippen molar-refractivity contribution in [1.82, 2.24) is 0 Å². The number of hydrogen-bond donors (Lipinski definition) is 2. The number of ether oxygens (including phenoxy) is 2. The molecule has 0 saturated heterocycles. The predicted octanol–water partition coefficient (Wildman–Crippen LogP) is 1.75. The van der Waals surface area contributed by atoms with Gasteiger partial charge in [0.2, 0.25) is 0 Å². The molecular weight excluding hydrogens is 308 g/mol. The van der Waals surface area contributed by atoms with Gasteiger partial charge in [-0.3, -0.25) is 19.2 Å². The highest BCUT2D eigenvalue weighted by molar-refractivity contribution is 5.70. The normalized spacial score (nSPS) is 10.1. The summed E-state index contributed by atoms with van der Waals surface area (Å²) in [5, 5.41) is 16.9. The third-order valence-corrected chi connectivity index (χ3v) is 2.86. The van der Waals surface area contributed by atoms with Crippen LogP contribution in [-0.4, -0.2) is 47.3 Å². The van der Waals surface area contributed by atoms with E-state index < -0.39 is 23.9 Å². The number of unbranched alkanes of at least 4 members (excludes halogenated alkanes) is 2.